The van der Waals surface area contributed by atoms with Crippen LogP contribution >= 0.6 is 0 Å². The monoisotopic (exact) mass is 436 g/mol. The first-order valence-electron chi connectivity index (χ1n) is 9.97. The van der Waals surface area contributed by atoms with Crippen LogP contribution in [0.1, 0.15) is 40.9 Å². The van der Waals surface area contributed by atoms with E-state index in [9.17, 15) is 14.4 Å². The van der Waals surface area contributed by atoms with Crippen LogP contribution in [-0.2, 0) is 9.53 Å². The third-order valence-corrected chi connectivity index (χ3v) is 5.28. The Bertz CT molecular complexity index is 1130. The topological polar surface area (TPSA) is 144 Å². The summed E-state index contributed by atoms with van der Waals surface area (Å²) >= 11 is 0. The van der Waals surface area contributed by atoms with E-state index in [0.717, 1.165) is 22.3 Å². The molecule has 0 spiro atoms. The van der Waals surface area contributed by atoms with Gasteiger partial charge in [0.1, 0.15) is 12.6 Å². The molecule has 1 aromatic heterocycles. The second-order valence-corrected chi connectivity index (χ2v) is 7.18. The molecule has 0 bridgehead atoms. The number of amides is 2. The van der Waals surface area contributed by atoms with E-state index in [1.165, 1.54) is 0 Å². The molecule has 0 fully saturated rings. The van der Waals surface area contributed by atoms with Gasteiger partial charge in [-0.25, -0.2) is 14.2 Å². The highest BCUT2D eigenvalue weighted by molar-refractivity contribution is 6.01. The predicted molar refractivity (Wildman–Crippen MR) is 112 cm³/mol. The van der Waals surface area contributed by atoms with Crippen LogP contribution in [0.2, 0.25) is 0 Å². The zero-order valence-corrected chi connectivity index (χ0v) is 17.1. The highest BCUT2D eigenvalue weighted by Gasteiger charge is 2.30. The molecule has 3 aromatic rings. The molecular weight excluding hydrogens is 416 g/mol. The summed E-state index contributed by atoms with van der Waals surface area (Å²) in [7, 11) is 0. The van der Waals surface area contributed by atoms with Crippen molar-refractivity contribution in [3.8, 4) is 11.1 Å². The number of fused-ring (bicyclic) bond motifs is 3. The van der Waals surface area contributed by atoms with Gasteiger partial charge in [-0.1, -0.05) is 55.5 Å². The maximum Gasteiger partial charge on any atom is 0.412 e. The number of nitrogens with one attached hydrogen (secondary N) is 2. The molecule has 1 heterocycles. The zero-order valence-electron chi connectivity index (χ0n) is 17.1. The van der Waals surface area contributed by atoms with Crippen LogP contribution in [0.15, 0.2) is 53.2 Å². The van der Waals surface area contributed by atoms with Crippen LogP contribution in [0.4, 0.5) is 10.6 Å². The first-order chi connectivity index (χ1) is 15.5. The van der Waals surface area contributed by atoms with Gasteiger partial charge in [0, 0.05) is 5.92 Å². The Hall–Kier alpha value is -4.21. The number of carbonyl (C=O) groups is 3. The van der Waals surface area contributed by atoms with Crippen molar-refractivity contribution in [3.05, 3.63) is 65.4 Å². The lowest BCUT2D eigenvalue weighted by atomic mass is 9.98. The minimum Gasteiger partial charge on any atom is -0.480 e. The van der Waals surface area contributed by atoms with Gasteiger partial charge >= 0.3 is 12.1 Å². The maximum atomic E-state index is 12.4. The molecule has 0 aliphatic heterocycles. The highest BCUT2D eigenvalue weighted by atomic mass is 16.6. The molecular formula is C22H20N4O6. The quantitative estimate of drug-likeness (QED) is 0.513. The lowest BCUT2D eigenvalue weighted by Crippen LogP contribution is -2.40. The standard InChI is InChI=1S/C22H20N4O6/c1-2-17(21(28)29)23-20(27)18-19(26-32-25-18)24-22(30)31-11-16-14-9-5-3-7-12(14)13-8-4-6-10-15(13)16/h3-10,16-17H,2,11H2,1H3,(H,23,27)(H,28,29)(H,24,26,30)/t17-/m0/s1. The number of carboxylic acids is 1. The third-order valence-electron chi connectivity index (χ3n) is 5.28. The van der Waals surface area contributed by atoms with Crippen LogP contribution in [-0.4, -0.2) is 46.0 Å². The zero-order chi connectivity index (χ0) is 22.7. The fourth-order valence-corrected chi connectivity index (χ4v) is 3.72. The minimum atomic E-state index is -1.19. The molecule has 0 unspecified atom stereocenters. The lowest BCUT2D eigenvalue weighted by Gasteiger charge is -2.14. The molecule has 10 heteroatoms. The molecule has 10 nitrogen and oxygen atoms in total. The van der Waals surface area contributed by atoms with E-state index in [1.807, 2.05) is 48.5 Å². The SMILES string of the molecule is CC[C@H](NC(=O)c1nonc1NC(=O)OCC1c2ccccc2-c2ccccc21)C(=O)O. The number of aromatic nitrogens is 2. The molecule has 0 saturated heterocycles. The molecule has 1 aliphatic carbocycles. The first kappa shape index (κ1) is 21.0. The van der Waals surface area contributed by atoms with Gasteiger partial charge in [0.05, 0.1) is 0 Å². The van der Waals surface area contributed by atoms with Gasteiger partial charge in [-0.05, 0) is 39.0 Å². The summed E-state index contributed by atoms with van der Waals surface area (Å²) in [5.41, 5.74) is 3.97. The Morgan fingerprint density at radius 1 is 1.06 bits per heavy atom. The third kappa shape index (κ3) is 4.02. The highest BCUT2D eigenvalue weighted by Crippen LogP contribution is 2.44. The maximum absolute atomic E-state index is 12.4. The van der Waals surface area contributed by atoms with Gasteiger partial charge in [0.2, 0.25) is 11.5 Å². The number of rotatable bonds is 7. The van der Waals surface area contributed by atoms with Crippen molar-refractivity contribution in [1.82, 2.24) is 15.6 Å². The van der Waals surface area contributed by atoms with Crippen LogP contribution in [0.25, 0.3) is 11.1 Å². The van der Waals surface area contributed by atoms with Crippen LogP contribution in [0, 0.1) is 0 Å². The summed E-state index contributed by atoms with van der Waals surface area (Å²) < 4.78 is 9.94. The van der Waals surface area contributed by atoms with Gasteiger partial charge in [-0.15, -0.1) is 0 Å². The van der Waals surface area contributed by atoms with E-state index in [2.05, 4.69) is 25.6 Å². The summed E-state index contributed by atoms with van der Waals surface area (Å²) in [5, 5.41) is 20.7. The summed E-state index contributed by atoms with van der Waals surface area (Å²) in [6.07, 6.45) is -0.677. The summed E-state index contributed by atoms with van der Waals surface area (Å²) in [5.74, 6) is -2.43. The molecule has 32 heavy (non-hydrogen) atoms. The smallest absolute Gasteiger partial charge is 0.412 e. The van der Waals surface area contributed by atoms with Crippen molar-refractivity contribution in [2.45, 2.75) is 25.3 Å². The summed E-state index contributed by atoms with van der Waals surface area (Å²) in [6.45, 7) is 1.68. The average molecular weight is 436 g/mol. The normalized spacial score (nSPS) is 13.0. The second-order valence-electron chi connectivity index (χ2n) is 7.18. The van der Waals surface area contributed by atoms with Crippen LogP contribution in [0.5, 0.6) is 0 Å². The van der Waals surface area contributed by atoms with Gasteiger partial charge in [0.25, 0.3) is 5.91 Å². The number of benzene rings is 2. The Labute approximate surface area is 182 Å². The number of ether oxygens (including phenoxy) is 1. The van der Waals surface area contributed by atoms with Crippen molar-refractivity contribution in [2.24, 2.45) is 0 Å². The number of aliphatic carboxylic acids is 1. The fraction of sp³-hybridized carbons (Fsp3) is 0.227. The van der Waals surface area contributed by atoms with Gasteiger partial charge in [-0.3, -0.25) is 10.1 Å². The van der Waals surface area contributed by atoms with E-state index < -0.39 is 24.0 Å². The predicted octanol–water partition coefficient (Wildman–Crippen LogP) is 3.02. The van der Waals surface area contributed by atoms with Crippen LogP contribution < -0.4 is 10.6 Å². The fourth-order valence-electron chi connectivity index (χ4n) is 3.72. The van der Waals surface area contributed by atoms with Crippen molar-refractivity contribution in [1.29, 1.82) is 0 Å². The number of anilines is 1. The van der Waals surface area contributed by atoms with Crippen molar-refractivity contribution in [3.63, 3.8) is 0 Å². The minimum absolute atomic E-state index is 0.0730. The van der Waals surface area contributed by atoms with Crippen molar-refractivity contribution < 1.29 is 28.9 Å². The van der Waals surface area contributed by atoms with Crippen LogP contribution in [0.3, 0.4) is 0 Å². The molecule has 4 rings (SSSR count). The molecule has 1 atom stereocenters. The largest absolute Gasteiger partial charge is 0.480 e. The number of hydrogen-bond acceptors (Lipinski definition) is 7. The number of carbonyl (C=O) groups excluding carboxylic acids is 2. The number of carboxylic acid groups (broad SMARTS) is 1. The summed E-state index contributed by atoms with van der Waals surface area (Å²) in [4.78, 5) is 35.8. The van der Waals surface area contributed by atoms with E-state index in [1.54, 1.807) is 6.92 Å². The molecule has 0 radical (unpaired) electrons. The van der Waals surface area contributed by atoms with E-state index >= 15 is 0 Å². The molecule has 0 saturated carbocycles. The van der Waals surface area contributed by atoms with E-state index in [4.69, 9.17) is 9.84 Å². The van der Waals surface area contributed by atoms with E-state index in [-0.39, 0.29) is 30.5 Å². The van der Waals surface area contributed by atoms with Crippen molar-refractivity contribution >= 4 is 23.8 Å². The van der Waals surface area contributed by atoms with Gasteiger partial charge in [0.15, 0.2) is 0 Å². The van der Waals surface area contributed by atoms with E-state index in [0.29, 0.717) is 0 Å². The lowest BCUT2D eigenvalue weighted by molar-refractivity contribution is -0.139. The average Bonchev–Trinajstić information content (AvgIpc) is 3.38. The number of nitrogens with zero attached hydrogens (tertiary/aromatic N) is 2. The van der Waals surface area contributed by atoms with Crippen molar-refractivity contribution in [2.75, 3.05) is 11.9 Å². The Morgan fingerprint density at radius 3 is 2.28 bits per heavy atom. The molecule has 3 N–H and O–H groups in total. The Morgan fingerprint density at radius 2 is 1.69 bits per heavy atom. The van der Waals surface area contributed by atoms with Gasteiger partial charge in [-0.2, -0.15) is 0 Å². The number of hydrogen-bond donors (Lipinski definition) is 3. The Balaban J connectivity index is 1.42. The molecule has 164 valence electrons. The molecule has 2 amide bonds. The molecule has 1 aliphatic rings. The molecule has 2 aromatic carbocycles. The summed E-state index contributed by atoms with van der Waals surface area (Å²) in [6, 6.07) is 14.7. The second kappa shape index (κ2) is 8.88. The Kier molecular flexibility index (Phi) is 5.84. The van der Waals surface area contributed by atoms with Gasteiger partial charge < -0.3 is 15.2 Å². The first-order valence-corrected chi connectivity index (χ1v) is 9.97.